The number of carbonyl (C=O) groups excluding carboxylic acids is 1. The molecule has 2 rings (SSSR count). The van der Waals surface area contributed by atoms with E-state index in [1.54, 1.807) is 28.4 Å². The first-order valence-corrected chi connectivity index (χ1v) is 10.7. The van der Waals surface area contributed by atoms with Crippen LogP contribution in [0.1, 0.15) is 68.9 Å². The first kappa shape index (κ1) is 24.1. The first-order chi connectivity index (χ1) is 14.4. The molecule has 1 aromatic carbocycles. The lowest BCUT2D eigenvalue weighted by molar-refractivity contribution is -0.128. The number of methoxy groups -OCH3 is 4. The average molecular weight is 424 g/mol. The third-order valence-electron chi connectivity index (χ3n) is 6.55. The lowest BCUT2D eigenvalue weighted by Gasteiger charge is -2.31. The van der Waals surface area contributed by atoms with E-state index in [0.29, 0.717) is 35.8 Å². The van der Waals surface area contributed by atoms with Gasteiger partial charge in [0.1, 0.15) is 0 Å². The lowest BCUT2D eigenvalue weighted by atomic mass is 9.72. The number of carbonyl (C=O) groups is 1. The summed E-state index contributed by atoms with van der Waals surface area (Å²) in [5, 5.41) is 8.89. The summed E-state index contributed by atoms with van der Waals surface area (Å²) in [5.74, 6) is 1.64. The van der Waals surface area contributed by atoms with Crippen molar-refractivity contribution in [2.45, 2.75) is 64.2 Å². The Morgan fingerprint density at radius 1 is 0.900 bits per heavy atom. The minimum atomic E-state index is -0.703. The van der Waals surface area contributed by atoms with Gasteiger partial charge in [0.2, 0.25) is 17.4 Å². The molecule has 2 unspecified atom stereocenters. The van der Waals surface area contributed by atoms with Crippen LogP contribution in [0.25, 0.3) is 0 Å². The van der Waals surface area contributed by atoms with Crippen molar-refractivity contribution in [3.05, 3.63) is 11.1 Å². The number of rotatable bonds is 13. The van der Waals surface area contributed by atoms with Crippen LogP contribution >= 0.6 is 0 Å². The van der Waals surface area contributed by atoms with Gasteiger partial charge < -0.3 is 29.8 Å². The summed E-state index contributed by atoms with van der Waals surface area (Å²) in [6.45, 7) is 2.28. The van der Waals surface area contributed by atoms with Crippen molar-refractivity contribution in [3.8, 4) is 23.0 Å². The number of hydrogen-bond donors (Lipinski definition) is 2. The van der Waals surface area contributed by atoms with E-state index in [4.69, 9.17) is 29.8 Å². The minimum Gasteiger partial charge on any atom is -0.492 e. The largest absolute Gasteiger partial charge is 0.492 e. The molecule has 0 radical (unpaired) electrons. The highest BCUT2D eigenvalue weighted by Crippen LogP contribution is 2.61. The summed E-state index contributed by atoms with van der Waals surface area (Å²) in [6.07, 6.45) is 7.20. The Morgan fingerprint density at radius 3 is 1.90 bits per heavy atom. The number of ether oxygens (including phenoxy) is 4. The Balaban J connectivity index is 2.36. The van der Waals surface area contributed by atoms with Crippen molar-refractivity contribution in [2.75, 3.05) is 35.0 Å². The van der Waals surface area contributed by atoms with E-state index in [2.05, 4.69) is 0 Å². The zero-order chi connectivity index (χ0) is 22.3. The maximum absolute atomic E-state index is 12.8. The van der Waals surface area contributed by atoms with Gasteiger partial charge in [-0.1, -0.05) is 39.0 Å². The number of nitrogens with two attached hydrogens (primary N) is 1. The predicted molar refractivity (Wildman–Crippen MR) is 116 cm³/mol. The van der Waals surface area contributed by atoms with E-state index in [0.717, 1.165) is 49.7 Å². The predicted octanol–water partition coefficient (Wildman–Crippen LogP) is 3.58. The van der Waals surface area contributed by atoms with Gasteiger partial charge in [-0.25, -0.2) is 0 Å². The molecule has 7 heteroatoms. The highest BCUT2D eigenvalue weighted by Gasteiger charge is 2.51. The van der Waals surface area contributed by atoms with E-state index >= 15 is 0 Å². The Hall–Kier alpha value is -2.15. The molecule has 1 aliphatic carbocycles. The summed E-state index contributed by atoms with van der Waals surface area (Å²) in [4.78, 5) is 12.8. The fraction of sp³-hybridized carbons (Fsp3) is 0.696. The minimum absolute atomic E-state index is 0.136. The molecule has 7 nitrogen and oxygen atoms in total. The van der Waals surface area contributed by atoms with E-state index in [1.807, 2.05) is 6.92 Å². The molecule has 1 aromatic rings. The topological polar surface area (TPSA) is 100 Å². The molecule has 0 aromatic heterocycles. The van der Waals surface area contributed by atoms with Gasteiger partial charge in [0, 0.05) is 17.7 Å². The lowest BCUT2D eigenvalue weighted by Crippen LogP contribution is -2.40. The number of aliphatic hydroxyl groups excluding tert-OH is 1. The molecule has 170 valence electrons. The van der Waals surface area contributed by atoms with E-state index < -0.39 is 5.41 Å². The Morgan fingerprint density at radius 2 is 1.40 bits per heavy atom. The highest BCUT2D eigenvalue weighted by molar-refractivity contribution is 5.86. The maximum atomic E-state index is 12.8. The summed E-state index contributed by atoms with van der Waals surface area (Å²) in [6, 6.07) is 0. The standard InChI is InChI=1S/C23H37NO6/c1-15-17-16(18(27-2)20(29-4)21(30-5)19(17)28-3)14-23(15,22(24)26)12-10-8-6-7-9-11-13-25/h15,25H,6-14H2,1-5H3,(H2,24,26). The van der Waals surface area contributed by atoms with Crippen LogP contribution in [-0.2, 0) is 11.2 Å². The molecular formula is C23H37NO6. The molecule has 0 saturated heterocycles. The zero-order valence-electron chi connectivity index (χ0n) is 19.0. The summed E-state index contributed by atoms with van der Waals surface area (Å²) < 4.78 is 22.6. The third kappa shape index (κ3) is 4.31. The molecule has 0 saturated carbocycles. The molecule has 1 amide bonds. The summed E-state index contributed by atoms with van der Waals surface area (Å²) >= 11 is 0. The highest BCUT2D eigenvalue weighted by atomic mass is 16.5. The van der Waals surface area contributed by atoms with E-state index in [1.165, 1.54) is 0 Å². The normalized spacial score (nSPS) is 20.0. The number of benzene rings is 1. The first-order valence-electron chi connectivity index (χ1n) is 10.7. The molecule has 30 heavy (non-hydrogen) atoms. The molecule has 0 aliphatic heterocycles. The molecule has 3 N–H and O–H groups in total. The molecular weight excluding hydrogens is 386 g/mol. The average Bonchev–Trinajstić information content (AvgIpc) is 3.04. The number of fused-ring (bicyclic) bond motifs is 1. The van der Waals surface area contributed by atoms with E-state index in [-0.39, 0.29) is 18.4 Å². The van der Waals surface area contributed by atoms with Crippen molar-refractivity contribution < 1.29 is 28.8 Å². The van der Waals surface area contributed by atoms with Gasteiger partial charge in [-0.05, 0) is 25.2 Å². The number of hydrogen-bond acceptors (Lipinski definition) is 6. The maximum Gasteiger partial charge on any atom is 0.224 e. The zero-order valence-corrected chi connectivity index (χ0v) is 19.0. The van der Waals surface area contributed by atoms with Gasteiger partial charge in [0.15, 0.2) is 11.5 Å². The van der Waals surface area contributed by atoms with Crippen LogP contribution in [0.2, 0.25) is 0 Å². The molecule has 0 spiro atoms. The Kier molecular flexibility index (Phi) is 8.65. The monoisotopic (exact) mass is 423 g/mol. The van der Waals surface area contributed by atoms with Crippen LogP contribution < -0.4 is 24.7 Å². The van der Waals surface area contributed by atoms with Crippen molar-refractivity contribution >= 4 is 5.91 Å². The summed E-state index contributed by atoms with van der Waals surface area (Å²) in [5.41, 5.74) is 7.11. The third-order valence-corrected chi connectivity index (χ3v) is 6.55. The van der Waals surface area contributed by atoms with Crippen molar-refractivity contribution in [1.82, 2.24) is 0 Å². The van der Waals surface area contributed by atoms with Crippen LogP contribution in [0.4, 0.5) is 0 Å². The molecule has 1 aliphatic rings. The van der Waals surface area contributed by atoms with Gasteiger partial charge >= 0.3 is 0 Å². The quantitative estimate of drug-likeness (QED) is 0.471. The fourth-order valence-corrected chi connectivity index (χ4v) is 4.88. The second-order valence-electron chi connectivity index (χ2n) is 8.04. The molecule has 2 atom stereocenters. The number of aliphatic hydroxyl groups is 1. The van der Waals surface area contributed by atoms with Crippen LogP contribution in [0.3, 0.4) is 0 Å². The van der Waals surface area contributed by atoms with Crippen LogP contribution in [0.15, 0.2) is 0 Å². The van der Waals surface area contributed by atoms with Crippen molar-refractivity contribution in [1.29, 1.82) is 0 Å². The molecule has 0 bridgehead atoms. The summed E-state index contributed by atoms with van der Waals surface area (Å²) in [7, 11) is 6.30. The smallest absolute Gasteiger partial charge is 0.224 e. The second kappa shape index (κ2) is 10.8. The van der Waals surface area contributed by atoms with Crippen LogP contribution in [-0.4, -0.2) is 46.1 Å². The fourth-order valence-electron chi connectivity index (χ4n) is 4.88. The number of unbranched alkanes of at least 4 members (excludes halogenated alkanes) is 5. The van der Waals surface area contributed by atoms with Crippen molar-refractivity contribution in [3.63, 3.8) is 0 Å². The van der Waals surface area contributed by atoms with E-state index in [9.17, 15) is 4.79 Å². The van der Waals surface area contributed by atoms with Gasteiger partial charge in [-0.15, -0.1) is 0 Å². The van der Waals surface area contributed by atoms with Crippen molar-refractivity contribution in [2.24, 2.45) is 11.1 Å². The van der Waals surface area contributed by atoms with Gasteiger partial charge in [-0.2, -0.15) is 0 Å². The van der Waals surface area contributed by atoms with Gasteiger partial charge in [0.05, 0.1) is 33.9 Å². The molecule has 0 heterocycles. The second-order valence-corrected chi connectivity index (χ2v) is 8.04. The number of amides is 1. The SMILES string of the molecule is COc1c2c(c(OC)c(OC)c1OC)C(C)C(CCCCCCCCO)(C(N)=O)C2. The van der Waals surface area contributed by atoms with Gasteiger partial charge in [-0.3, -0.25) is 4.79 Å². The Bertz CT molecular complexity index is 735. The Labute approximate surface area is 179 Å². The molecule has 0 fully saturated rings. The van der Waals surface area contributed by atoms with Gasteiger partial charge in [0.25, 0.3) is 0 Å². The number of primary amides is 1. The van der Waals surface area contributed by atoms with Crippen LogP contribution in [0.5, 0.6) is 23.0 Å². The van der Waals surface area contributed by atoms with Crippen LogP contribution in [0, 0.1) is 5.41 Å².